The van der Waals surface area contributed by atoms with E-state index in [9.17, 15) is 9.59 Å². The largest absolute Gasteiger partial charge is 0.459 e. The lowest BCUT2D eigenvalue weighted by atomic mass is 10.1. The highest BCUT2D eigenvalue weighted by atomic mass is 16.3. The van der Waals surface area contributed by atoms with E-state index in [1.807, 2.05) is 49.4 Å². The lowest BCUT2D eigenvalue weighted by Crippen LogP contribution is -2.32. The fourth-order valence-corrected chi connectivity index (χ4v) is 3.14. The summed E-state index contributed by atoms with van der Waals surface area (Å²) in [7, 11) is 0. The number of carbonyl (C=O) groups excluding carboxylic acids is 1. The lowest BCUT2D eigenvalue weighted by Gasteiger charge is -2.21. The van der Waals surface area contributed by atoms with Crippen molar-refractivity contribution in [1.82, 2.24) is 14.9 Å². The van der Waals surface area contributed by atoms with E-state index in [-0.39, 0.29) is 30.3 Å². The van der Waals surface area contributed by atoms with Gasteiger partial charge in [0.05, 0.1) is 25.0 Å². The van der Waals surface area contributed by atoms with E-state index in [2.05, 4.69) is 9.97 Å². The van der Waals surface area contributed by atoms with Crippen LogP contribution >= 0.6 is 0 Å². The van der Waals surface area contributed by atoms with Gasteiger partial charge in [-0.2, -0.15) is 0 Å². The summed E-state index contributed by atoms with van der Waals surface area (Å²) in [6.07, 6.45) is 3.13. The molecule has 1 N–H and O–H groups in total. The Morgan fingerprint density at radius 1 is 1.11 bits per heavy atom. The number of furan rings is 1. The summed E-state index contributed by atoms with van der Waals surface area (Å²) in [4.78, 5) is 34.3. The van der Waals surface area contributed by atoms with Crippen LogP contribution in [-0.4, -0.2) is 20.8 Å². The van der Waals surface area contributed by atoms with Crippen molar-refractivity contribution >= 4 is 16.8 Å². The fourth-order valence-electron chi connectivity index (χ4n) is 3.14. The minimum absolute atomic E-state index is 0.148. The molecule has 0 aliphatic rings. The molecule has 6 heteroatoms. The number of aromatic amines is 1. The summed E-state index contributed by atoms with van der Waals surface area (Å²) in [5.74, 6) is -0.0663. The van der Waals surface area contributed by atoms with Gasteiger partial charge in [-0.05, 0) is 54.8 Å². The number of pyridine rings is 2. The van der Waals surface area contributed by atoms with Crippen LogP contribution in [0.5, 0.6) is 0 Å². The van der Waals surface area contributed by atoms with Crippen LogP contribution in [0.15, 0.2) is 76.3 Å². The highest BCUT2D eigenvalue weighted by molar-refractivity contribution is 5.91. The maximum atomic E-state index is 12.9. The van der Waals surface area contributed by atoms with Gasteiger partial charge in [0.1, 0.15) is 0 Å². The smallest absolute Gasteiger partial charge is 0.290 e. The number of hydrogen-bond acceptors (Lipinski definition) is 4. The summed E-state index contributed by atoms with van der Waals surface area (Å²) >= 11 is 0. The molecule has 0 fully saturated rings. The minimum atomic E-state index is -0.292. The maximum Gasteiger partial charge on any atom is 0.290 e. The van der Waals surface area contributed by atoms with E-state index < -0.39 is 0 Å². The van der Waals surface area contributed by atoms with Crippen molar-refractivity contribution in [3.05, 3.63) is 100.0 Å². The van der Waals surface area contributed by atoms with E-state index in [4.69, 9.17) is 4.42 Å². The van der Waals surface area contributed by atoms with Crippen molar-refractivity contribution in [3.8, 4) is 0 Å². The van der Waals surface area contributed by atoms with Gasteiger partial charge in [-0.1, -0.05) is 17.7 Å². The van der Waals surface area contributed by atoms with Crippen molar-refractivity contribution in [2.75, 3.05) is 0 Å². The average Bonchev–Trinajstić information content (AvgIpc) is 3.23. The third kappa shape index (κ3) is 3.71. The quantitative estimate of drug-likeness (QED) is 0.579. The Bertz CT molecular complexity index is 1160. The summed E-state index contributed by atoms with van der Waals surface area (Å²) in [5, 5.41) is 0.929. The molecule has 0 spiro atoms. The number of benzene rings is 1. The van der Waals surface area contributed by atoms with Crippen LogP contribution in [0, 0.1) is 6.92 Å². The second-order valence-corrected chi connectivity index (χ2v) is 6.67. The molecule has 0 bridgehead atoms. The fraction of sp³-hybridized carbons (Fsp3) is 0.136. The predicted octanol–water partition coefficient (Wildman–Crippen LogP) is 3.67. The number of carbonyl (C=O) groups is 1. The third-order valence-corrected chi connectivity index (χ3v) is 4.54. The summed E-state index contributed by atoms with van der Waals surface area (Å²) < 4.78 is 5.27. The number of aryl methyl sites for hydroxylation is 1. The molecular formula is C22H19N3O3. The van der Waals surface area contributed by atoms with E-state index in [1.165, 1.54) is 6.26 Å². The van der Waals surface area contributed by atoms with Gasteiger partial charge >= 0.3 is 0 Å². The number of rotatable bonds is 5. The minimum Gasteiger partial charge on any atom is -0.459 e. The van der Waals surface area contributed by atoms with Crippen molar-refractivity contribution in [2.24, 2.45) is 0 Å². The molecule has 1 aromatic carbocycles. The first-order valence-corrected chi connectivity index (χ1v) is 8.95. The normalized spacial score (nSPS) is 10.9. The number of amides is 1. The molecule has 4 aromatic rings. The molecule has 0 aliphatic heterocycles. The molecule has 1 amide bonds. The number of fused-ring (bicyclic) bond motifs is 1. The maximum absolute atomic E-state index is 12.9. The molecule has 6 nitrogen and oxygen atoms in total. The van der Waals surface area contributed by atoms with Gasteiger partial charge in [-0.3, -0.25) is 14.6 Å². The van der Waals surface area contributed by atoms with Gasteiger partial charge in [-0.25, -0.2) is 0 Å². The molecule has 140 valence electrons. The monoisotopic (exact) mass is 373 g/mol. The van der Waals surface area contributed by atoms with Crippen LogP contribution in [0.4, 0.5) is 0 Å². The first kappa shape index (κ1) is 17.7. The van der Waals surface area contributed by atoms with E-state index in [0.717, 1.165) is 22.2 Å². The van der Waals surface area contributed by atoms with Gasteiger partial charge in [0, 0.05) is 17.3 Å². The lowest BCUT2D eigenvalue weighted by molar-refractivity contribution is 0.0695. The molecule has 0 atom stereocenters. The number of hydrogen-bond donors (Lipinski definition) is 1. The Hall–Kier alpha value is -3.67. The highest BCUT2D eigenvalue weighted by Crippen LogP contribution is 2.16. The van der Waals surface area contributed by atoms with E-state index in [0.29, 0.717) is 5.56 Å². The Balaban J connectivity index is 1.70. The molecule has 28 heavy (non-hydrogen) atoms. The summed E-state index contributed by atoms with van der Waals surface area (Å²) in [6, 6.07) is 16.5. The number of nitrogens with one attached hydrogen (secondary N) is 1. The Kier molecular flexibility index (Phi) is 4.76. The van der Waals surface area contributed by atoms with Crippen molar-refractivity contribution in [2.45, 2.75) is 20.0 Å². The first-order valence-electron chi connectivity index (χ1n) is 8.95. The number of H-pyrrole nitrogens is 1. The SMILES string of the molecule is Cc1ccc2[nH]c(=O)c(CN(Cc3ccccn3)C(=O)c3ccco3)cc2c1. The van der Waals surface area contributed by atoms with Gasteiger partial charge in [0.25, 0.3) is 11.5 Å². The first-order chi connectivity index (χ1) is 13.6. The molecule has 3 heterocycles. The van der Waals surface area contributed by atoms with Crippen LogP contribution in [0.3, 0.4) is 0 Å². The van der Waals surface area contributed by atoms with Gasteiger partial charge in [-0.15, -0.1) is 0 Å². The zero-order chi connectivity index (χ0) is 19.5. The van der Waals surface area contributed by atoms with Crippen LogP contribution in [0.2, 0.25) is 0 Å². The zero-order valence-electron chi connectivity index (χ0n) is 15.4. The molecule has 3 aromatic heterocycles. The summed E-state index contributed by atoms with van der Waals surface area (Å²) in [5.41, 5.74) is 2.90. The van der Waals surface area contributed by atoms with Crippen LogP contribution in [0.1, 0.15) is 27.4 Å². The Morgan fingerprint density at radius 2 is 2.00 bits per heavy atom. The second kappa shape index (κ2) is 7.52. The van der Waals surface area contributed by atoms with Crippen LogP contribution < -0.4 is 5.56 Å². The highest BCUT2D eigenvalue weighted by Gasteiger charge is 2.21. The molecule has 0 saturated heterocycles. The molecule has 0 unspecified atom stereocenters. The van der Waals surface area contributed by atoms with Crippen LogP contribution in [0.25, 0.3) is 10.9 Å². The van der Waals surface area contributed by atoms with Gasteiger partial charge in [0.15, 0.2) is 5.76 Å². The average molecular weight is 373 g/mol. The molecule has 4 rings (SSSR count). The zero-order valence-corrected chi connectivity index (χ0v) is 15.4. The van der Waals surface area contributed by atoms with Crippen molar-refractivity contribution in [3.63, 3.8) is 0 Å². The Labute approximate surface area is 161 Å². The molecule has 0 aliphatic carbocycles. The Morgan fingerprint density at radius 3 is 2.75 bits per heavy atom. The van der Waals surface area contributed by atoms with Gasteiger partial charge in [0.2, 0.25) is 0 Å². The van der Waals surface area contributed by atoms with Gasteiger partial charge < -0.3 is 14.3 Å². The van der Waals surface area contributed by atoms with Crippen molar-refractivity contribution in [1.29, 1.82) is 0 Å². The summed E-state index contributed by atoms with van der Waals surface area (Å²) in [6.45, 7) is 2.42. The second-order valence-electron chi connectivity index (χ2n) is 6.67. The predicted molar refractivity (Wildman–Crippen MR) is 106 cm³/mol. The topological polar surface area (TPSA) is 79.2 Å². The standard InChI is InChI=1S/C22H19N3O3/c1-15-7-8-19-16(11-15)12-17(21(26)24-19)13-25(14-18-5-2-3-9-23-18)22(27)20-6-4-10-28-20/h2-12H,13-14H2,1H3,(H,24,26). The molecule has 0 saturated carbocycles. The number of nitrogens with zero attached hydrogens (tertiary/aromatic N) is 2. The number of aromatic nitrogens is 2. The molecular weight excluding hydrogens is 354 g/mol. The van der Waals surface area contributed by atoms with E-state index in [1.54, 1.807) is 23.2 Å². The van der Waals surface area contributed by atoms with Crippen LogP contribution in [-0.2, 0) is 13.1 Å². The third-order valence-electron chi connectivity index (χ3n) is 4.54. The molecule has 0 radical (unpaired) electrons. The van der Waals surface area contributed by atoms with Crippen molar-refractivity contribution < 1.29 is 9.21 Å². The van der Waals surface area contributed by atoms with E-state index >= 15 is 0 Å².